The fraction of sp³-hybridized carbons (Fsp3) is 0.671. The van der Waals surface area contributed by atoms with Crippen molar-refractivity contribution in [3.63, 3.8) is 0 Å². The summed E-state index contributed by atoms with van der Waals surface area (Å²) in [7, 11) is 0. The maximum absolute atomic E-state index is 12.9. The van der Waals surface area contributed by atoms with Crippen molar-refractivity contribution in [2.45, 2.75) is 316 Å². The highest BCUT2D eigenvalue weighted by Crippen LogP contribution is 2.16. The molecule has 0 aliphatic rings. The standard InChI is InChI=1S/C76H126O6/c1-4-7-10-13-16-19-22-25-27-29-31-33-35-37-38-40-41-43-45-47-49-51-54-57-60-63-66-69-75(78)81-72-73(71-80-74(77)68-65-62-59-56-53-24-21-18-15-12-9-6-3)82-76(79)70-67-64-61-58-55-52-50-48-46-44-42-39-36-34-32-30-28-26-23-20-17-14-11-8-5-2/h7-8,10-11,16-21,25-28,31-34,37-39,42,73H,4-6,9,12-15,22-24,29-30,35-36,40-41,43-72H2,1-3H3/b10-7-,11-8-,19-16-,20-17-,21-18-,27-25-,28-26-,33-31-,34-32-,38-37-,42-39-. The molecule has 0 fully saturated rings. The van der Waals surface area contributed by atoms with Gasteiger partial charge in [0.15, 0.2) is 6.10 Å². The molecular formula is C76H126O6. The van der Waals surface area contributed by atoms with Crippen molar-refractivity contribution < 1.29 is 28.6 Å². The quantitative estimate of drug-likeness (QED) is 0.0261. The van der Waals surface area contributed by atoms with Gasteiger partial charge in [-0.2, -0.15) is 0 Å². The molecule has 1 unspecified atom stereocenters. The molecule has 1 atom stereocenters. The zero-order valence-corrected chi connectivity index (χ0v) is 53.5. The summed E-state index contributed by atoms with van der Waals surface area (Å²) >= 11 is 0. The maximum atomic E-state index is 12.9. The van der Waals surface area contributed by atoms with Crippen LogP contribution in [0, 0.1) is 0 Å². The largest absolute Gasteiger partial charge is 0.462 e. The van der Waals surface area contributed by atoms with Gasteiger partial charge in [-0.15, -0.1) is 0 Å². The highest BCUT2D eigenvalue weighted by molar-refractivity contribution is 5.71. The third-order valence-corrected chi connectivity index (χ3v) is 14.4. The third-order valence-electron chi connectivity index (χ3n) is 14.4. The topological polar surface area (TPSA) is 78.9 Å². The summed E-state index contributed by atoms with van der Waals surface area (Å²) in [6.07, 6.45) is 97.5. The van der Waals surface area contributed by atoms with Gasteiger partial charge in [-0.3, -0.25) is 14.4 Å². The van der Waals surface area contributed by atoms with E-state index in [2.05, 4.69) is 154 Å². The molecule has 0 saturated carbocycles. The van der Waals surface area contributed by atoms with Gasteiger partial charge in [0.1, 0.15) is 13.2 Å². The van der Waals surface area contributed by atoms with E-state index in [4.69, 9.17) is 14.2 Å². The number of unbranched alkanes of at least 4 members (excludes halogenated alkanes) is 28. The normalized spacial score (nSPS) is 13.0. The van der Waals surface area contributed by atoms with E-state index < -0.39 is 6.10 Å². The Kier molecular flexibility index (Phi) is 65.3. The molecule has 0 radical (unpaired) electrons. The van der Waals surface area contributed by atoms with Crippen LogP contribution in [0.1, 0.15) is 310 Å². The van der Waals surface area contributed by atoms with E-state index in [1.165, 1.54) is 135 Å². The lowest BCUT2D eigenvalue weighted by molar-refractivity contribution is -0.167. The number of carbonyl (C=O) groups excluding carboxylic acids is 3. The van der Waals surface area contributed by atoms with Crippen LogP contribution in [-0.4, -0.2) is 37.2 Å². The zero-order chi connectivity index (χ0) is 59.2. The van der Waals surface area contributed by atoms with Crippen molar-refractivity contribution >= 4 is 17.9 Å². The summed E-state index contributed by atoms with van der Waals surface area (Å²) in [5.74, 6) is -0.899. The molecule has 0 rings (SSSR count). The zero-order valence-electron chi connectivity index (χ0n) is 53.5. The van der Waals surface area contributed by atoms with Gasteiger partial charge in [0.2, 0.25) is 0 Å². The first kappa shape index (κ1) is 77.5. The van der Waals surface area contributed by atoms with Gasteiger partial charge >= 0.3 is 17.9 Å². The Labute approximate surface area is 506 Å². The van der Waals surface area contributed by atoms with E-state index in [0.717, 1.165) is 135 Å². The minimum absolute atomic E-state index is 0.0867. The van der Waals surface area contributed by atoms with Crippen LogP contribution in [0.15, 0.2) is 134 Å². The monoisotopic (exact) mass is 1130 g/mol. The summed E-state index contributed by atoms with van der Waals surface area (Å²) in [6, 6.07) is 0. The molecule has 0 saturated heterocycles. The molecule has 0 N–H and O–H groups in total. The Hall–Kier alpha value is -4.45. The van der Waals surface area contributed by atoms with Gasteiger partial charge in [0.25, 0.3) is 0 Å². The number of esters is 3. The number of hydrogen-bond acceptors (Lipinski definition) is 6. The lowest BCUT2D eigenvalue weighted by Gasteiger charge is -2.18. The molecule has 466 valence electrons. The van der Waals surface area contributed by atoms with Crippen LogP contribution >= 0.6 is 0 Å². The van der Waals surface area contributed by atoms with Gasteiger partial charge in [0.05, 0.1) is 0 Å². The first-order valence-electron chi connectivity index (χ1n) is 34.2. The van der Waals surface area contributed by atoms with E-state index in [1.54, 1.807) is 0 Å². The van der Waals surface area contributed by atoms with Crippen LogP contribution in [-0.2, 0) is 28.6 Å². The van der Waals surface area contributed by atoms with Crippen LogP contribution in [0.2, 0.25) is 0 Å². The summed E-state index contributed by atoms with van der Waals surface area (Å²) in [5.41, 5.74) is 0. The van der Waals surface area contributed by atoms with Crippen molar-refractivity contribution in [3.8, 4) is 0 Å². The van der Waals surface area contributed by atoms with Crippen LogP contribution in [0.3, 0.4) is 0 Å². The Morgan fingerprint density at radius 1 is 0.256 bits per heavy atom. The Balaban J connectivity index is 4.31. The van der Waals surface area contributed by atoms with Gasteiger partial charge in [-0.1, -0.05) is 289 Å². The van der Waals surface area contributed by atoms with Crippen LogP contribution < -0.4 is 0 Å². The lowest BCUT2D eigenvalue weighted by Crippen LogP contribution is -2.30. The Morgan fingerprint density at radius 3 is 0.756 bits per heavy atom. The first-order valence-corrected chi connectivity index (χ1v) is 34.2. The Morgan fingerprint density at radius 2 is 0.476 bits per heavy atom. The van der Waals surface area contributed by atoms with Crippen LogP contribution in [0.25, 0.3) is 0 Å². The highest BCUT2D eigenvalue weighted by atomic mass is 16.6. The van der Waals surface area contributed by atoms with Gasteiger partial charge in [-0.05, 0) is 135 Å². The number of allylic oxidation sites excluding steroid dienone is 22. The molecule has 6 heteroatoms. The molecule has 0 amide bonds. The maximum Gasteiger partial charge on any atom is 0.306 e. The number of rotatable bonds is 61. The first-order chi connectivity index (χ1) is 40.5. The average Bonchev–Trinajstić information content (AvgIpc) is 3.47. The van der Waals surface area contributed by atoms with E-state index in [1.807, 2.05) is 0 Å². The molecule has 0 bridgehead atoms. The van der Waals surface area contributed by atoms with Crippen molar-refractivity contribution in [2.75, 3.05) is 13.2 Å². The van der Waals surface area contributed by atoms with E-state index >= 15 is 0 Å². The second kappa shape index (κ2) is 69.0. The minimum atomic E-state index is -0.791. The predicted molar refractivity (Wildman–Crippen MR) is 357 cm³/mol. The number of hydrogen-bond donors (Lipinski definition) is 0. The molecule has 0 aliphatic heterocycles. The molecule has 0 spiro atoms. The summed E-state index contributed by atoms with van der Waals surface area (Å²) in [4.78, 5) is 38.4. The van der Waals surface area contributed by atoms with Crippen molar-refractivity contribution in [1.29, 1.82) is 0 Å². The Bertz CT molecular complexity index is 1730. The fourth-order valence-corrected chi connectivity index (χ4v) is 9.32. The fourth-order valence-electron chi connectivity index (χ4n) is 9.32. The minimum Gasteiger partial charge on any atom is -0.462 e. The molecule has 0 aliphatic carbocycles. The van der Waals surface area contributed by atoms with E-state index in [-0.39, 0.29) is 31.1 Å². The second-order valence-electron chi connectivity index (χ2n) is 22.3. The molecule has 0 aromatic rings. The summed E-state index contributed by atoms with van der Waals surface area (Å²) in [5, 5.41) is 0. The van der Waals surface area contributed by atoms with Crippen LogP contribution in [0.4, 0.5) is 0 Å². The molecule has 0 heterocycles. The summed E-state index contributed by atoms with van der Waals surface area (Å²) in [6.45, 7) is 6.39. The van der Waals surface area contributed by atoms with Crippen LogP contribution in [0.5, 0.6) is 0 Å². The van der Waals surface area contributed by atoms with Crippen molar-refractivity contribution in [2.24, 2.45) is 0 Å². The molecule has 82 heavy (non-hydrogen) atoms. The summed E-state index contributed by atoms with van der Waals surface area (Å²) < 4.78 is 16.9. The van der Waals surface area contributed by atoms with Gasteiger partial charge < -0.3 is 14.2 Å². The molecule has 0 aromatic carbocycles. The molecular weight excluding hydrogens is 1010 g/mol. The van der Waals surface area contributed by atoms with Crippen molar-refractivity contribution in [3.05, 3.63) is 134 Å². The molecule has 6 nitrogen and oxygen atoms in total. The van der Waals surface area contributed by atoms with Gasteiger partial charge in [-0.25, -0.2) is 0 Å². The highest BCUT2D eigenvalue weighted by Gasteiger charge is 2.19. The average molecular weight is 1140 g/mol. The predicted octanol–water partition coefficient (Wildman–Crippen LogP) is 23.7. The lowest BCUT2D eigenvalue weighted by atomic mass is 10.0. The number of ether oxygens (including phenoxy) is 3. The number of carbonyl (C=O) groups is 3. The third kappa shape index (κ3) is 66.4. The van der Waals surface area contributed by atoms with E-state index in [0.29, 0.717) is 19.3 Å². The molecule has 0 aromatic heterocycles. The second-order valence-corrected chi connectivity index (χ2v) is 22.3. The van der Waals surface area contributed by atoms with Gasteiger partial charge in [0, 0.05) is 19.3 Å². The smallest absolute Gasteiger partial charge is 0.306 e. The SMILES string of the molecule is CC/C=C\C/C=C\C/C=C\C/C=C\C/C=C\CCCCCCCCCCCCCC(=O)OCC(COC(=O)CCCCCCC/C=C\CCCCC)OC(=O)CCCCCCCCCCC/C=C\C/C=C\C/C=C\C/C=C\C/C=C\CC. The van der Waals surface area contributed by atoms with Crippen molar-refractivity contribution in [1.82, 2.24) is 0 Å². The van der Waals surface area contributed by atoms with E-state index in [9.17, 15) is 14.4 Å².